The van der Waals surface area contributed by atoms with Crippen molar-refractivity contribution in [3.8, 4) is 5.75 Å². The van der Waals surface area contributed by atoms with Crippen LogP contribution in [0.5, 0.6) is 5.75 Å². The summed E-state index contributed by atoms with van der Waals surface area (Å²) in [6.45, 7) is 0.632. The number of ether oxygens (including phenoxy) is 1. The summed E-state index contributed by atoms with van der Waals surface area (Å²) < 4.78 is 5.11. The van der Waals surface area contributed by atoms with Crippen molar-refractivity contribution in [1.82, 2.24) is 5.32 Å². The Kier molecular flexibility index (Phi) is 4.49. The number of aliphatic hydroxyl groups is 1. The summed E-state index contributed by atoms with van der Waals surface area (Å²) in [4.78, 5) is 12.1. The van der Waals surface area contributed by atoms with E-state index in [9.17, 15) is 9.90 Å². The molecule has 1 aromatic carbocycles. The van der Waals surface area contributed by atoms with Crippen molar-refractivity contribution < 1.29 is 14.6 Å². The molecule has 2 rings (SSSR count). The number of hydrogen-bond donors (Lipinski definition) is 3. The van der Waals surface area contributed by atoms with Crippen LogP contribution in [0.2, 0.25) is 0 Å². The van der Waals surface area contributed by atoms with Crippen LogP contribution in [0, 0.1) is 5.41 Å². The maximum Gasteiger partial charge on any atom is 0.251 e. The average molecular weight is 278 g/mol. The van der Waals surface area contributed by atoms with Crippen LogP contribution in [-0.2, 0) is 0 Å². The van der Waals surface area contributed by atoms with Gasteiger partial charge >= 0.3 is 0 Å². The minimum atomic E-state index is -0.164. The topological polar surface area (TPSA) is 84.6 Å². The Morgan fingerprint density at radius 3 is 2.75 bits per heavy atom. The summed E-state index contributed by atoms with van der Waals surface area (Å²) in [6, 6.07) is 4.96. The predicted octanol–water partition coefficient (Wildman–Crippen LogP) is 1.56. The summed E-state index contributed by atoms with van der Waals surface area (Å²) in [5.74, 6) is 0.332. The van der Waals surface area contributed by atoms with E-state index in [4.69, 9.17) is 10.5 Å². The third kappa shape index (κ3) is 3.04. The van der Waals surface area contributed by atoms with Gasteiger partial charge < -0.3 is 20.9 Å². The van der Waals surface area contributed by atoms with E-state index < -0.39 is 0 Å². The van der Waals surface area contributed by atoms with Crippen LogP contribution < -0.4 is 15.8 Å². The van der Waals surface area contributed by atoms with Crippen molar-refractivity contribution in [2.75, 3.05) is 26.0 Å². The Morgan fingerprint density at radius 2 is 2.15 bits per heavy atom. The molecule has 4 N–H and O–H groups in total. The number of amides is 1. The first-order valence-corrected chi connectivity index (χ1v) is 6.93. The Morgan fingerprint density at radius 1 is 1.45 bits per heavy atom. The summed E-state index contributed by atoms with van der Waals surface area (Å²) in [6.07, 6.45) is 4.17. The molecule has 0 spiro atoms. The maximum absolute atomic E-state index is 12.1. The average Bonchev–Trinajstić information content (AvgIpc) is 2.95. The number of methoxy groups -OCH3 is 1. The molecule has 0 saturated heterocycles. The standard InChI is InChI=1S/C15H22N2O3/c1-20-13-8-11(4-5-12(13)16)14(19)17-9-15(10-18)6-2-3-7-15/h4-5,8,18H,2-3,6-7,9-10,16H2,1H3,(H,17,19). The highest BCUT2D eigenvalue weighted by atomic mass is 16.5. The zero-order valence-electron chi connectivity index (χ0n) is 11.8. The van der Waals surface area contributed by atoms with Crippen molar-refractivity contribution >= 4 is 11.6 Å². The van der Waals surface area contributed by atoms with Crippen LogP contribution in [-0.4, -0.2) is 31.3 Å². The van der Waals surface area contributed by atoms with Crippen molar-refractivity contribution in [2.24, 2.45) is 5.41 Å². The molecule has 5 nitrogen and oxygen atoms in total. The molecule has 1 aliphatic carbocycles. The van der Waals surface area contributed by atoms with E-state index in [1.54, 1.807) is 18.2 Å². The quantitative estimate of drug-likeness (QED) is 0.714. The first-order chi connectivity index (χ1) is 9.60. The van der Waals surface area contributed by atoms with Gasteiger partial charge in [-0.05, 0) is 31.0 Å². The minimum absolute atomic E-state index is 0.123. The van der Waals surface area contributed by atoms with Crippen LogP contribution in [0.1, 0.15) is 36.0 Å². The van der Waals surface area contributed by atoms with Gasteiger partial charge in [-0.2, -0.15) is 0 Å². The second-order valence-electron chi connectivity index (χ2n) is 5.50. The zero-order chi connectivity index (χ0) is 14.6. The summed E-state index contributed by atoms with van der Waals surface area (Å²) in [5, 5.41) is 12.4. The summed E-state index contributed by atoms with van der Waals surface area (Å²) in [5.41, 5.74) is 6.60. The molecule has 0 bridgehead atoms. The van der Waals surface area contributed by atoms with Gasteiger partial charge in [-0.15, -0.1) is 0 Å². The molecule has 0 atom stereocenters. The fourth-order valence-electron chi connectivity index (χ4n) is 2.74. The fraction of sp³-hybridized carbons (Fsp3) is 0.533. The highest BCUT2D eigenvalue weighted by Gasteiger charge is 2.33. The molecule has 0 radical (unpaired) electrons. The molecule has 1 aromatic rings. The molecule has 110 valence electrons. The molecular weight excluding hydrogens is 256 g/mol. The van der Waals surface area contributed by atoms with Gasteiger partial charge in [0.2, 0.25) is 0 Å². The lowest BCUT2D eigenvalue weighted by atomic mass is 9.87. The summed E-state index contributed by atoms with van der Waals surface area (Å²) in [7, 11) is 1.52. The normalized spacial score (nSPS) is 16.9. The van der Waals surface area contributed by atoms with E-state index in [0.717, 1.165) is 25.7 Å². The number of carbonyl (C=O) groups excluding carboxylic acids is 1. The van der Waals surface area contributed by atoms with Crippen LogP contribution in [0.3, 0.4) is 0 Å². The number of anilines is 1. The van der Waals surface area contributed by atoms with Crippen LogP contribution in [0.25, 0.3) is 0 Å². The first-order valence-electron chi connectivity index (χ1n) is 6.93. The van der Waals surface area contributed by atoms with Crippen molar-refractivity contribution in [3.63, 3.8) is 0 Å². The number of nitrogens with two attached hydrogens (primary N) is 1. The van der Waals surface area contributed by atoms with Gasteiger partial charge in [0.15, 0.2) is 0 Å². The maximum atomic E-state index is 12.1. The van der Waals surface area contributed by atoms with E-state index >= 15 is 0 Å². The lowest BCUT2D eigenvalue weighted by molar-refractivity contribution is 0.0880. The van der Waals surface area contributed by atoms with E-state index in [-0.39, 0.29) is 17.9 Å². The van der Waals surface area contributed by atoms with Crippen molar-refractivity contribution in [2.45, 2.75) is 25.7 Å². The highest BCUT2D eigenvalue weighted by Crippen LogP contribution is 2.37. The molecule has 1 amide bonds. The van der Waals surface area contributed by atoms with Crippen LogP contribution >= 0.6 is 0 Å². The molecule has 20 heavy (non-hydrogen) atoms. The number of aliphatic hydroxyl groups excluding tert-OH is 1. The molecule has 5 heteroatoms. The van der Waals surface area contributed by atoms with Gasteiger partial charge in [0.1, 0.15) is 5.75 Å². The molecule has 1 saturated carbocycles. The smallest absolute Gasteiger partial charge is 0.251 e. The highest BCUT2D eigenvalue weighted by molar-refractivity contribution is 5.95. The molecule has 0 aromatic heterocycles. The van der Waals surface area contributed by atoms with Gasteiger partial charge in [-0.1, -0.05) is 12.8 Å². The zero-order valence-corrected chi connectivity index (χ0v) is 11.8. The number of nitrogen functional groups attached to an aromatic ring is 1. The lowest BCUT2D eigenvalue weighted by Gasteiger charge is -2.26. The van der Waals surface area contributed by atoms with Gasteiger partial charge in [0.05, 0.1) is 19.4 Å². The molecular formula is C15H22N2O3. The Hall–Kier alpha value is -1.75. The summed E-state index contributed by atoms with van der Waals surface area (Å²) >= 11 is 0. The van der Waals surface area contributed by atoms with Crippen LogP contribution in [0.4, 0.5) is 5.69 Å². The number of nitrogens with one attached hydrogen (secondary N) is 1. The van der Waals surface area contributed by atoms with Gasteiger partial charge in [0.25, 0.3) is 5.91 Å². The minimum Gasteiger partial charge on any atom is -0.495 e. The fourth-order valence-corrected chi connectivity index (χ4v) is 2.74. The number of benzene rings is 1. The largest absolute Gasteiger partial charge is 0.495 e. The molecule has 0 unspecified atom stereocenters. The monoisotopic (exact) mass is 278 g/mol. The molecule has 0 heterocycles. The van der Waals surface area contributed by atoms with E-state index in [1.165, 1.54) is 7.11 Å². The second-order valence-corrected chi connectivity index (χ2v) is 5.50. The van der Waals surface area contributed by atoms with Crippen LogP contribution in [0.15, 0.2) is 18.2 Å². The van der Waals surface area contributed by atoms with Gasteiger partial charge in [-0.25, -0.2) is 0 Å². The Bertz CT molecular complexity index is 482. The van der Waals surface area contributed by atoms with E-state index in [2.05, 4.69) is 5.32 Å². The number of hydrogen-bond acceptors (Lipinski definition) is 4. The molecule has 1 aliphatic rings. The Balaban J connectivity index is 2.01. The Labute approximate surface area is 119 Å². The van der Waals surface area contributed by atoms with Gasteiger partial charge in [0, 0.05) is 17.5 Å². The second kappa shape index (κ2) is 6.13. The third-order valence-electron chi connectivity index (χ3n) is 4.12. The first kappa shape index (κ1) is 14.7. The molecule has 0 aliphatic heterocycles. The van der Waals surface area contributed by atoms with Crippen molar-refractivity contribution in [1.29, 1.82) is 0 Å². The predicted molar refractivity (Wildman–Crippen MR) is 77.7 cm³/mol. The molecule has 1 fully saturated rings. The SMILES string of the molecule is COc1cc(C(=O)NCC2(CO)CCCC2)ccc1N. The van der Waals surface area contributed by atoms with E-state index in [1.807, 2.05) is 0 Å². The van der Waals surface area contributed by atoms with Crippen molar-refractivity contribution in [3.05, 3.63) is 23.8 Å². The number of carbonyl (C=O) groups is 1. The van der Waals surface area contributed by atoms with Gasteiger partial charge in [-0.3, -0.25) is 4.79 Å². The number of rotatable bonds is 5. The lowest BCUT2D eigenvalue weighted by Crippen LogP contribution is -2.38. The third-order valence-corrected chi connectivity index (χ3v) is 4.12. The van der Waals surface area contributed by atoms with E-state index in [0.29, 0.717) is 23.5 Å².